The van der Waals surface area contributed by atoms with Gasteiger partial charge in [0.15, 0.2) is 0 Å². The van der Waals surface area contributed by atoms with Crippen LogP contribution in [-0.2, 0) is 4.74 Å². The van der Waals surface area contributed by atoms with E-state index < -0.39 is 6.29 Å². The van der Waals surface area contributed by atoms with Crippen LogP contribution < -0.4 is 9.47 Å². The van der Waals surface area contributed by atoms with Crippen molar-refractivity contribution in [1.82, 2.24) is 0 Å². The zero-order valence-electron chi connectivity index (χ0n) is 17.3. The highest BCUT2D eigenvalue weighted by molar-refractivity contribution is 5.54. The Balaban J connectivity index is 1.68. The molecule has 1 aliphatic rings. The van der Waals surface area contributed by atoms with Crippen LogP contribution in [0.2, 0.25) is 0 Å². The minimum atomic E-state index is -0.444. The molecular formula is C26H28O3. The van der Waals surface area contributed by atoms with E-state index in [0.29, 0.717) is 12.5 Å². The zero-order valence-corrected chi connectivity index (χ0v) is 17.3. The molecule has 0 radical (unpaired) electrons. The number of fused-ring (bicyclic) bond motifs is 2. The minimum absolute atomic E-state index is 0.0645. The summed E-state index contributed by atoms with van der Waals surface area (Å²) in [5, 5.41) is 0. The molecule has 1 heterocycles. The smallest absolute Gasteiger partial charge is 0.211 e. The average molecular weight is 389 g/mol. The van der Waals surface area contributed by atoms with Gasteiger partial charge in [0, 0.05) is 17.7 Å². The quantitative estimate of drug-likeness (QED) is 0.413. The molecule has 0 amide bonds. The van der Waals surface area contributed by atoms with Crippen LogP contribution in [0, 0.1) is 0 Å². The summed E-state index contributed by atoms with van der Waals surface area (Å²) in [5.74, 6) is 3.01. The van der Waals surface area contributed by atoms with Crippen LogP contribution in [0.1, 0.15) is 55.7 Å². The molecule has 0 bridgehead atoms. The number of para-hydroxylation sites is 2. The Morgan fingerprint density at radius 1 is 0.828 bits per heavy atom. The second kappa shape index (κ2) is 8.71. The molecule has 0 aliphatic carbocycles. The summed E-state index contributed by atoms with van der Waals surface area (Å²) in [4.78, 5) is 0. The lowest BCUT2D eigenvalue weighted by molar-refractivity contribution is -0.0859. The predicted octanol–water partition coefficient (Wildman–Crippen LogP) is 6.88. The van der Waals surface area contributed by atoms with Gasteiger partial charge in [-0.2, -0.15) is 0 Å². The summed E-state index contributed by atoms with van der Waals surface area (Å²) in [6.07, 6.45) is 0.679. The topological polar surface area (TPSA) is 27.7 Å². The highest BCUT2D eigenvalue weighted by atomic mass is 16.7. The predicted molar refractivity (Wildman–Crippen MR) is 116 cm³/mol. The summed E-state index contributed by atoms with van der Waals surface area (Å²) in [7, 11) is 0. The Kier molecular flexibility index (Phi) is 5.86. The number of benzene rings is 3. The third-order valence-corrected chi connectivity index (χ3v) is 5.64. The lowest BCUT2D eigenvalue weighted by Gasteiger charge is -2.33. The summed E-state index contributed by atoms with van der Waals surface area (Å²) in [5.41, 5.74) is 3.50. The molecule has 2 atom stereocenters. The van der Waals surface area contributed by atoms with Crippen molar-refractivity contribution in [2.75, 3.05) is 6.61 Å². The standard InChI is InChI=1S/C26H28O3/c1-4-18(3)19-14-16-20(17-15-19)28-26(27-5-2)25-21-10-6-8-12-23(21)29-24-13-9-7-11-22(24)25/h6-18,25-26H,4-5H2,1-3H3. The molecule has 4 rings (SSSR count). The van der Waals surface area contributed by atoms with E-state index in [9.17, 15) is 0 Å². The molecule has 0 saturated heterocycles. The van der Waals surface area contributed by atoms with Gasteiger partial charge in [0.1, 0.15) is 17.2 Å². The van der Waals surface area contributed by atoms with E-state index in [1.807, 2.05) is 55.5 Å². The highest BCUT2D eigenvalue weighted by Gasteiger charge is 2.35. The monoisotopic (exact) mass is 388 g/mol. The molecule has 150 valence electrons. The van der Waals surface area contributed by atoms with Crippen LogP contribution in [0.3, 0.4) is 0 Å². The van der Waals surface area contributed by atoms with Gasteiger partial charge in [-0.05, 0) is 49.1 Å². The molecule has 0 spiro atoms. The Hall–Kier alpha value is -2.78. The largest absolute Gasteiger partial charge is 0.464 e. The highest BCUT2D eigenvalue weighted by Crippen LogP contribution is 2.46. The van der Waals surface area contributed by atoms with Gasteiger partial charge in [-0.15, -0.1) is 0 Å². The molecule has 0 fully saturated rings. The Labute approximate surface area is 173 Å². The Morgan fingerprint density at radius 2 is 1.41 bits per heavy atom. The normalized spacial score (nSPS) is 15.0. The minimum Gasteiger partial charge on any atom is -0.464 e. The van der Waals surface area contributed by atoms with Crippen LogP contribution >= 0.6 is 0 Å². The molecule has 0 aromatic heterocycles. The molecular weight excluding hydrogens is 360 g/mol. The first-order chi connectivity index (χ1) is 14.2. The molecule has 0 saturated carbocycles. The Morgan fingerprint density at radius 3 is 1.97 bits per heavy atom. The van der Waals surface area contributed by atoms with E-state index >= 15 is 0 Å². The van der Waals surface area contributed by atoms with Crippen molar-refractivity contribution in [3.05, 3.63) is 89.5 Å². The molecule has 29 heavy (non-hydrogen) atoms. The maximum Gasteiger partial charge on any atom is 0.211 e. The van der Waals surface area contributed by atoms with E-state index in [-0.39, 0.29) is 5.92 Å². The first-order valence-electron chi connectivity index (χ1n) is 10.4. The molecule has 1 aliphatic heterocycles. The van der Waals surface area contributed by atoms with Gasteiger partial charge in [0.25, 0.3) is 0 Å². The molecule has 3 aromatic carbocycles. The van der Waals surface area contributed by atoms with Gasteiger partial charge < -0.3 is 14.2 Å². The van der Waals surface area contributed by atoms with E-state index in [1.165, 1.54) is 5.56 Å². The van der Waals surface area contributed by atoms with Crippen molar-refractivity contribution in [2.45, 2.75) is 45.3 Å². The molecule has 3 aromatic rings. The van der Waals surface area contributed by atoms with Crippen LogP contribution in [0.4, 0.5) is 0 Å². The van der Waals surface area contributed by atoms with Gasteiger partial charge in [-0.1, -0.05) is 62.4 Å². The molecule has 3 nitrogen and oxygen atoms in total. The second-order valence-corrected chi connectivity index (χ2v) is 7.48. The van der Waals surface area contributed by atoms with Crippen LogP contribution in [0.25, 0.3) is 0 Å². The summed E-state index contributed by atoms with van der Waals surface area (Å²) in [6, 6.07) is 24.6. The van der Waals surface area contributed by atoms with Crippen molar-refractivity contribution >= 4 is 0 Å². The average Bonchev–Trinajstić information content (AvgIpc) is 2.77. The second-order valence-electron chi connectivity index (χ2n) is 7.48. The van der Waals surface area contributed by atoms with Crippen molar-refractivity contribution in [3.63, 3.8) is 0 Å². The van der Waals surface area contributed by atoms with Crippen LogP contribution in [0.15, 0.2) is 72.8 Å². The summed E-state index contributed by atoms with van der Waals surface area (Å²) >= 11 is 0. The van der Waals surface area contributed by atoms with Gasteiger partial charge in [0.05, 0.1) is 5.92 Å². The van der Waals surface area contributed by atoms with E-state index in [0.717, 1.165) is 34.8 Å². The third kappa shape index (κ3) is 4.01. The Bertz CT molecular complexity index is 903. The lowest BCUT2D eigenvalue weighted by atomic mass is 9.87. The summed E-state index contributed by atoms with van der Waals surface area (Å²) in [6.45, 7) is 7.02. The lowest BCUT2D eigenvalue weighted by Crippen LogP contribution is -2.31. The fourth-order valence-electron chi connectivity index (χ4n) is 3.85. The van der Waals surface area contributed by atoms with E-state index in [4.69, 9.17) is 14.2 Å². The van der Waals surface area contributed by atoms with Gasteiger partial charge in [-0.3, -0.25) is 0 Å². The molecule has 3 heteroatoms. The van der Waals surface area contributed by atoms with Gasteiger partial charge in [0.2, 0.25) is 6.29 Å². The zero-order chi connectivity index (χ0) is 20.2. The van der Waals surface area contributed by atoms with Crippen molar-refractivity contribution < 1.29 is 14.2 Å². The SMILES string of the molecule is CCOC(Oc1ccc(C(C)CC)cc1)C1c2ccccc2Oc2ccccc21. The van der Waals surface area contributed by atoms with E-state index in [2.05, 4.69) is 38.1 Å². The number of rotatable bonds is 7. The summed E-state index contributed by atoms with van der Waals surface area (Å²) < 4.78 is 18.6. The number of hydrogen-bond acceptors (Lipinski definition) is 3. The fourth-order valence-corrected chi connectivity index (χ4v) is 3.85. The van der Waals surface area contributed by atoms with Gasteiger partial charge in [-0.25, -0.2) is 0 Å². The molecule has 2 unspecified atom stereocenters. The van der Waals surface area contributed by atoms with Crippen LogP contribution in [-0.4, -0.2) is 12.9 Å². The van der Waals surface area contributed by atoms with Crippen molar-refractivity contribution in [3.8, 4) is 17.2 Å². The maximum atomic E-state index is 6.40. The number of ether oxygens (including phenoxy) is 3. The van der Waals surface area contributed by atoms with Gasteiger partial charge >= 0.3 is 0 Å². The molecule has 0 N–H and O–H groups in total. The first kappa shape index (κ1) is 19.5. The van der Waals surface area contributed by atoms with E-state index in [1.54, 1.807) is 0 Å². The maximum absolute atomic E-state index is 6.40. The van der Waals surface area contributed by atoms with Crippen LogP contribution in [0.5, 0.6) is 17.2 Å². The fraction of sp³-hybridized carbons (Fsp3) is 0.308. The third-order valence-electron chi connectivity index (χ3n) is 5.64. The first-order valence-corrected chi connectivity index (χ1v) is 10.4. The number of hydrogen-bond donors (Lipinski definition) is 0. The van der Waals surface area contributed by atoms with Crippen molar-refractivity contribution in [1.29, 1.82) is 0 Å². The van der Waals surface area contributed by atoms with Crippen molar-refractivity contribution in [2.24, 2.45) is 0 Å².